The molecule has 0 saturated heterocycles. The van der Waals surface area contributed by atoms with Gasteiger partial charge in [0.25, 0.3) is 0 Å². The summed E-state index contributed by atoms with van der Waals surface area (Å²) in [6.07, 6.45) is 0.956. The fourth-order valence-corrected chi connectivity index (χ4v) is 0.928. The Morgan fingerprint density at radius 3 is 1.85 bits per heavy atom. The van der Waals surface area contributed by atoms with Crippen LogP contribution in [-0.4, -0.2) is 46.7 Å². The van der Waals surface area contributed by atoms with Gasteiger partial charge in [-0.25, -0.2) is 0 Å². The van der Waals surface area contributed by atoms with Gasteiger partial charge in [0.05, 0.1) is 0 Å². The quantitative estimate of drug-likeness (QED) is 0.185. The highest BCUT2D eigenvalue weighted by molar-refractivity contribution is 5.75. The van der Waals surface area contributed by atoms with Crippen LogP contribution in [0.5, 0.6) is 0 Å². The van der Waals surface area contributed by atoms with Gasteiger partial charge in [-0.1, -0.05) is 13.8 Å². The molecule has 9 nitrogen and oxygen atoms in total. The van der Waals surface area contributed by atoms with Crippen LogP contribution in [-0.2, 0) is 9.59 Å². The summed E-state index contributed by atoms with van der Waals surface area (Å²) in [5.41, 5.74) is 20.5. The summed E-state index contributed by atoms with van der Waals surface area (Å²) >= 11 is 0. The minimum Gasteiger partial charge on any atom is -0.480 e. The Hall–Kier alpha value is -1.87. The van der Waals surface area contributed by atoms with E-state index < -0.39 is 24.0 Å². The Kier molecular flexibility index (Phi) is 11.2. The molecule has 0 bridgehead atoms. The van der Waals surface area contributed by atoms with E-state index in [1.165, 1.54) is 0 Å². The number of carboxylic acids is 2. The van der Waals surface area contributed by atoms with Crippen LogP contribution >= 0.6 is 0 Å². The van der Waals surface area contributed by atoms with Crippen molar-refractivity contribution in [2.24, 2.45) is 33.8 Å². The molecule has 0 fully saturated rings. The first kappa shape index (κ1) is 20.4. The molecule has 0 saturated carbocycles. The first-order chi connectivity index (χ1) is 9.09. The summed E-state index contributed by atoms with van der Waals surface area (Å²) in [7, 11) is 0. The molecule has 20 heavy (non-hydrogen) atoms. The summed E-state index contributed by atoms with van der Waals surface area (Å²) in [5, 5.41) is 16.6. The van der Waals surface area contributed by atoms with Crippen molar-refractivity contribution in [3.63, 3.8) is 0 Å². The second-order valence-corrected chi connectivity index (χ2v) is 4.50. The van der Waals surface area contributed by atoms with Crippen LogP contribution < -0.4 is 22.9 Å². The van der Waals surface area contributed by atoms with E-state index in [4.69, 9.17) is 33.1 Å². The highest BCUT2D eigenvalue weighted by Crippen LogP contribution is 1.96. The summed E-state index contributed by atoms with van der Waals surface area (Å²) in [4.78, 5) is 23.9. The molecule has 0 spiro atoms. The molecule has 0 aliphatic carbocycles. The second kappa shape index (κ2) is 11.0. The number of carboxylic acid groups (broad SMARTS) is 2. The molecule has 0 aliphatic heterocycles. The predicted octanol–water partition coefficient (Wildman–Crippen LogP) is -1.49. The molecule has 0 unspecified atom stereocenters. The topological polar surface area (TPSA) is 191 Å². The van der Waals surface area contributed by atoms with Crippen LogP contribution in [0.15, 0.2) is 4.99 Å². The molecule has 0 heterocycles. The van der Waals surface area contributed by atoms with Crippen molar-refractivity contribution >= 4 is 17.9 Å². The number of hydrogen-bond acceptors (Lipinski definition) is 5. The molecule has 2 atom stereocenters. The van der Waals surface area contributed by atoms with E-state index in [2.05, 4.69) is 4.99 Å². The maximum Gasteiger partial charge on any atom is 0.320 e. The highest BCUT2D eigenvalue weighted by Gasteiger charge is 2.14. The molecule has 0 aromatic rings. The molecule has 9 heteroatoms. The summed E-state index contributed by atoms with van der Waals surface area (Å²) in [6, 6.07) is -1.53. The SMILES string of the molecule is CC(C)[C@@H](N)C(=O)O.NC(N)=NCCC[C@H](N)C(=O)O. The molecule has 118 valence electrons. The van der Waals surface area contributed by atoms with Crippen molar-refractivity contribution in [3.05, 3.63) is 0 Å². The van der Waals surface area contributed by atoms with E-state index >= 15 is 0 Å². The zero-order valence-electron chi connectivity index (χ0n) is 11.8. The molecule has 0 aliphatic rings. The average Bonchev–Trinajstić information content (AvgIpc) is 2.33. The van der Waals surface area contributed by atoms with E-state index in [1.807, 2.05) is 0 Å². The number of carbonyl (C=O) groups is 2. The van der Waals surface area contributed by atoms with Crippen molar-refractivity contribution in [1.82, 2.24) is 0 Å². The van der Waals surface area contributed by atoms with E-state index in [0.29, 0.717) is 19.4 Å². The fourth-order valence-electron chi connectivity index (χ4n) is 0.928. The lowest BCUT2D eigenvalue weighted by Crippen LogP contribution is -2.34. The molecule has 10 N–H and O–H groups in total. The maximum absolute atomic E-state index is 10.2. The van der Waals surface area contributed by atoms with Crippen LogP contribution in [0.25, 0.3) is 0 Å². The number of hydrogen-bond donors (Lipinski definition) is 6. The molecule has 0 aromatic heterocycles. The Bertz CT molecular complexity index is 329. The zero-order valence-corrected chi connectivity index (χ0v) is 11.8. The van der Waals surface area contributed by atoms with E-state index in [1.54, 1.807) is 13.8 Å². The van der Waals surface area contributed by atoms with Crippen LogP contribution in [0.2, 0.25) is 0 Å². The first-order valence-corrected chi connectivity index (χ1v) is 6.11. The molecular weight excluding hydrogens is 266 g/mol. The number of aliphatic carboxylic acids is 2. The van der Waals surface area contributed by atoms with Crippen molar-refractivity contribution in [3.8, 4) is 0 Å². The van der Waals surface area contributed by atoms with Gasteiger partial charge >= 0.3 is 11.9 Å². The smallest absolute Gasteiger partial charge is 0.320 e. The molecule has 0 aromatic carbocycles. The number of nitrogens with two attached hydrogens (primary N) is 4. The fraction of sp³-hybridized carbons (Fsp3) is 0.727. The van der Waals surface area contributed by atoms with Crippen molar-refractivity contribution in [2.75, 3.05) is 6.54 Å². The van der Waals surface area contributed by atoms with Crippen LogP contribution in [0.3, 0.4) is 0 Å². The number of rotatable bonds is 7. The zero-order chi connectivity index (χ0) is 16.3. The Morgan fingerprint density at radius 1 is 1.10 bits per heavy atom. The summed E-state index contributed by atoms with van der Waals surface area (Å²) in [5.74, 6) is -1.90. The minimum atomic E-state index is -1.00. The number of nitrogens with zero attached hydrogens (tertiary/aromatic N) is 1. The van der Waals surface area contributed by atoms with E-state index in [0.717, 1.165) is 0 Å². The molecule has 0 amide bonds. The van der Waals surface area contributed by atoms with Gasteiger partial charge in [-0.15, -0.1) is 0 Å². The van der Waals surface area contributed by atoms with Gasteiger partial charge in [0.1, 0.15) is 12.1 Å². The third-order valence-corrected chi connectivity index (χ3v) is 2.29. The third kappa shape index (κ3) is 12.6. The summed E-state index contributed by atoms with van der Waals surface area (Å²) < 4.78 is 0. The second-order valence-electron chi connectivity index (χ2n) is 4.50. The van der Waals surface area contributed by atoms with E-state index in [9.17, 15) is 9.59 Å². The number of guanidine groups is 1. The van der Waals surface area contributed by atoms with Gasteiger partial charge < -0.3 is 33.1 Å². The lowest BCUT2D eigenvalue weighted by molar-refractivity contribution is -0.140. The molecular formula is C11H25N5O4. The minimum absolute atomic E-state index is 0.0129. The first-order valence-electron chi connectivity index (χ1n) is 6.11. The van der Waals surface area contributed by atoms with E-state index in [-0.39, 0.29) is 11.9 Å². The van der Waals surface area contributed by atoms with Gasteiger partial charge in [-0.05, 0) is 18.8 Å². The van der Waals surface area contributed by atoms with Gasteiger partial charge in [0.15, 0.2) is 5.96 Å². The molecule has 0 rings (SSSR count). The highest BCUT2D eigenvalue weighted by atomic mass is 16.4. The lowest BCUT2D eigenvalue weighted by Gasteiger charge is -2.07. The Morgan fingerprint density at radius 2 is 1.60 bits per heavy atom. The van der Waals surface area contributed by atoms with Crippen LogP contribution in [0.1, 0.15) is 26.7 Å². The Labute approximate surface area is 118 Å². The molecule has 0 radical (unpaired) electrons. The summed E-state index contributed by atoms with van der Waals surface area (Å²) in [6.45, 7) is 3.97. The lowest BCUT2D eigenvalue weighted by atomic mass is 10.1. The van der Waals surface area contributed by atoms with Crippen LogP contribution in [0, 0.1) is 5.92 Å². The van der Waals surface area contributed by atoms with Crippen LogP contribution in [0.4, 0.5) is 0 Å². The Balaban J connectivity index is 0. The number of aliphatic imine (C=N–C) groups is 1. The van der Waals surface area contributed by atoms with Gasteiger partial charge in [-0.2, -0.15) is 0 Å². The van der Waals surface area contributed by atoms with Gasteiger partial charge in [0, 0.05) is 6.54 Å². The largest absolute Gasteiger partial charge is 0.480 e. The van der Waals surface area contributed by atoms with Crippen molar-refractivity contribution < 1.29 is 19.8 Å². The monoisotopic (exact) mass is 291 g/mol. The maximum atomic E-state index is 10.2. The standard InChI is InChI=1S/C6H14N4O2.C5H11NO2/c7-4(5(11)12)2-1-3-10-6(8)9;1-3(2)4(6)5(7)8/h4H,1-3,7H2,(H,11,12)(H4,8,9,10);3-4H,6H2,1-2H3,(H,7,8)/t2*4-/m01/s1. The predicted molar refractivity (Wildman–Crippen MR) is 76.0 cm³/mol. The average molecular weight is 291 g/mol. The third-order valence-electron chi connectivity index (χ3n) is 2.29. The van der Waals surface area contributed by atoms with Crippen molar-refractivity contribution in [1.29, 1.82) is 0 Å². The van der Waals surface area contributed by atoms with Gasteiger partial charge in [-0.3, -0.25) is 14.6 Å². The normalized spacial score (nSPS) is 12.8. The van der Waals surface area contributed by atoms with Crippen molar-refractivity contribution in [2.45, 2.75) is 38.8 Å². The van der Waals surface area contributed by atoms with Gasteiger partial charge in [0.2, 0.25) is 0 Å².